The van der Waals surface area contributed by atoms with Gasteiger partial charge in [0.15, 0.2) is 0 Å². The number of nitrogens with zero attached hydrogens (tertiary/aromatic N) is 2. The maximum absolute atomic E-state index is 11.2. The molecule has 0 aliphatic carbocycles. The van der Waals surface area contributed by atoms with Gasteiger partial charge in [0, 0.05) is 12.7 Å². The average Bonchev–Trinajstić information content (AvgIpc) is 2.67. The molecule has 1 aliphatic rings. The Morgan fingerprint density at radius 3 is 3.13 bits per heavy atom. The van der Waals surface area contributed by atoms with Crippen molar-refractivity contribution >= 4 is 5.91 Å². The summed E-state index contributed by atoms with van der Waals surface area (Å²) in [7, 11) is 0. The molecule has 2 rings (SSSR count). The van der Waals surface area contributed by atoms with E-state index in [1.54, 1.807) is 6.20 Å². The molecule has 0 radical (unpaired) electrons. The second-order valence-electron chi connectivity index (χ2n) is 3.85. The first-order valence-corrected chi connectivity index (χ1v) is 5.20. The quantitative estimate of drug-likeness (QED) is 0.783. The van der Waals surface area contributed by atoms with Gasteiger partial charge in [-0.25, -0.2) is 0 Å². The molecular formula is C11H15N3O. The monoisotopic (exact) mass is 205 g/mol. The topological polar surface area (TPSA) is 59.2 Å². The summed E-state index contributed by atoms with van der Waals surface area (Å²) in [5, 5.41) is 0. The number of carbonyl (C=O) groups is 1. The summed E-state index contributed by atoms with van der Waals surface area (Å²) in [5.74, 6) is -0.219. The molecule has 1 aromatic rings. The van der Waals surface area contributed by atoms with Crippen molar-refractivity contribution in [2.75, 3.05) is 6.54 Å². The molecule has 1 fully saturated rings. The lowest BCUT2D eigenvalue weighted by Gasteiger charge is -2.20. The average molecular weight is 205 g/mol. The van der Waals surface area contributed by atoms with E-state index in [0.29, 0.717) is 6.54 Å². The van der Waals surface area contributed by atoms with Crippen LogP contribution in [0.4, 0.5) is 0 Å². The number of carbonyl (C=O) groups excluding carboxylic acids is 1. The number of amides is 1. The van der Waals surface area contributed by atoms with Gasteiger partial charge in [0.1, 0.15) is 0 Å². The van der Waals surface area contributed by atoms with E-state index in [1.807, 2.05) is 18.2 Å². The Labute approximate surface area is 89.1 Å². The zero-order valence-electron chi connectivity index (χ0n) is 8.60. The highest BCUT2D eigenvalue weighted by Gasteiger charge is 2.28. The van der Waals surface area contributed by atoms with Crippen LogP contribution in [0.5, 0.6) is 0 Å². The van der Waals surface area contributed by atoms with Gasteiger partial charge >= 0.3 is 0 Å². The predicted molar refractivity (Wildman–Crippen MR) is 56.9 cm³/mol. The van der Waals surface area contributed by atoms with E-state index in [-0.39, 0.29) is 11.9 Å². The van der Waals surface area contributed by atoms with E-state index in [0.717, 1.165) is 25.1 Å². The first-order chi connectivity index (χ1) is 7.27. The Kier molecular flexibility index (Phi) is 2.97. The van der Waals surface area contributed by atoms with Gasteiger partial charge in [0.25, 0.3) is 0 Å². The summed E-state index contributed by atoms with van der Waals surface area (Å²) in [6.45, 7) is 1.65. The summed E-state index contributed by atoms with van der Waals surface area (Å²) in [6, 6.07) is 5.71. The number of nitrogens with two attached hydrogens (primary N) is 1. The Morgan fingerprint density at radius 1 is 1.60 bits per heavy atom. The third kappa shape index (κ3) is 2.33. The summed E-state index contributed by atoms with van der Waals surface area (Å²) in [5.41, 5.74) is 6.33. The molecule has 0 aromatic carbocycles. The minimum absolute atomic E-state index is 0.105. The highest BCUT2D eigenvalue weighted by molar-refractivity contribution is 5.80. The zero-order chi connectivity index (χ0) is 10.7. The summed E-state index contributed by atoms with van der Waals surface area (Å²) < 4.78 is 0. The SMILES string of the molecule is NC(=O)C1CCCN1Cc1ccccn1. The fourth-order valence-electron chi connectivity index (χ4n) is 2.04. The van der Waals surface area contributed by atoms with Gasteiger partial charge in [0.05, 0.1) is 11.7 Å². The smallest absolute Gasteiger partial charge is 0.234 e. The molecule has 1 unspecified atom stereocenters. The van der Waals surface area contributed by atoms with Crippen LogP contribution >= 0.6 is 0 Å². The number of pyridine rings is 1. The molecule has 1 atom stereocenters. The molecule has 4 heteroatoms. The van der Waals surface area contributed by atoms with Crippen molar-refractivity contribution in [3.05, 3.63) is 30.1 Å². The van der Waals surface area contributed by atoms with Crippen molar-refractivity contribution in [1.29, 1.82) is 0 Å². The standard InChI is InChI=1S/C11H15N3O/c12-11(15)10-5-3-7-14(10)8-9-4-1-2-6-13-9/h1-2,4,6,10H,3,5,7-8H2,(H2,12,15). The summed E-state index contributed by atoms with van der Waals surface area (Å²) >= 11 is 0. The van der Waals surface area contributed by atoms with Crippen LogP contribution in [0.1, 0.15) is 18.5 Å². The van der Waals surface area contributed by atoms with E-state index in [9.17, 15) is 4.79 Å². The molecule has 0 saturated carbocycles. The van der Waals surface area contributed by atoms with E-state index < -0.39 is 0 Å². The van der Waals surface area contributed by atoms with Crippen LogP contribution in [0.2, 0.25) is 0 Å². The molecule has 4 nitrogen and oxygen atoms in total. The normalized spacial score (nSPS) is 21.7. The van der Waals surface area contributed by atoms with Gasteiger partial charge in [0.2, 0.25) is 5.91 Å². The number of aromatic nitrogens is 1. The van der Waals surface area contributed by atoms with Crippen LogP contribution in [-0.2, 0) is 11.3 Å². The molecule has 0 spiro atoms. The lowest BCUT2D eigenvalue weighted by atomic mass is 10.2. The number of primary amides is 1. The Balaban J connectivity index is 2.03. The maximum atomic E-state index is 11.2. The van der Waals surface area contributed by atoms with Gasteiger partial charge in [-0.1, -0.05) is 6.07 Å². The first kappa shape index (κ1) is 10.1. The van der Waals surface area contributed by atoms with Crippen LogP contribution < -0.4 is 5.73 Å². The lowest BCUT2D eigenvalue weighted by molar-refractivity contribution is -0.122. The number of hydrogen-bond acceptors (Lipinski definition) is 3. The van der Waals surface area contributed by atoms with Gasteiger partial charge in [-0.2, -0.15) is 0 Å². The fraction of sp³-hybridized carbons (Fsp3) is 0.455. The van der Waals surface area contributed by atoms with Crippen LogP contribution in [-0.4, -0.2) is 28.4 Å². The molecule has 80 valence electrons. The van der Waals surface area contributed by atoms with Gasteiger partial charge in [-0.15, -0.1) is 0 Å². The molecule has 15 heavy (non-hydrogen) atoms. The Hall–Kier alpha value is -1.42. The van der Waals surface area contributed by atoms with Crippen LogP contribution in [0.25, 0.3) is 0 Å². The van der Waals surface area contributed by atoms with E-state index in [4.69, 9.17) is 5.73 Å². The maximum Gasteiger partial charge on any atom is 0.234 e. The second kappa shape index (κ2) is 4.40. The lowest BCUT2D eigenvalue weighted by Crippen LogP contribution is -2.39. The molecule has 2 N–H and O–H groups in total. The van der Waals surface area contributed by atoms with Crippen LogP contribution in [0.15, 0.2) is 24.4 Å². The van der Waals surface area contributed by atoms with E-state index in [2.05, 4.69) is 9.88 Å². The van der Waals surface area contributed by atoms with Crippen molar-refractivity contribution in [3.63, 3.8) is 0 Å². The number of likely N-dealkylation sites (tertiary alicyclic amines) is 1. The van der Waals surface area contributed by atoms with Gasteiger partial charge in [-0.3, -0.25) is 14.7 Å². The van der Waals surface area contributed by atoms with Crippen molar-refractivity contribution < 1.29 is 4.79 Å². The molecular weight excluding hydrogens is 190 g/mol. The van der Waals surface area contributed by atoms with Crippen LogP contribution in [0.3, 0.4) is 0 Å². The number of rotatable bonds is 3. The predicted octanol–water partition coefficient (Wildman–Crippen LogP) is 0.531. The van der Waals surface area contributed by atoms with E-state index in [1.165, 1.54) is 0 Å². The number of hydrogen-bond donors (Lipinski definition) is 1. The van der Waals surface area contributed by atoms with E-state index >= 15 is 0 Å². The first-order valence-electron chi connectivity index (χ1n) is 5.20. The summed E-state index contributed by atoms with van der Waals surface area (Å²) in [4.78, 5) is 17.5. The third-order valence-corrected chi connectivity index (χ3v) is 2.78. The molecule has 1 amide bonds. The third-order valence-electron chi connectivity index (χ3n) is 2.78. The van der Waals surface area contributed by atoms with Crippen molar-refractivity contribution in [1.82, 2.24) is 9.88 Å². The molecule has 2 heterocycles. The van der Waals surface area contributed by atoms with Gasteiger partial charge < -0.3 is 5.73 Å². The fourth-order valence-corrected chi connectivity index (χ4v) is 2.04. The highest BCUT2D eigenvalue weighted by Crippen LogP contribution is 2.18. The summed E-state index contributed by atoms with van der Waals surface area (Å²) in [6.07, 6.45) is 3.69. The Morgan fingerprint density at radius 2 is 2.47 bits per heavy atom. The van der Waals surface area contributed by atoms with Crippen LogP contribution in [0, 0.1) is 0 Å². The molecule has 0 bridgehead atoms. The minimum Gasteiger partial charge on any atom is -0.368 e. The van der Waals surface area contributed by atoms with Crippen molar-refractivity contribution in [2.45, 2.75) is 25.4 Å². The largest absolute Gasteiger partial charge is 0.368 e. The molecule has 1 aliphatic heterocycles. The minimum atomic E-state index is -0.219. The molecule has 1 aromatic heterocycles. The van der Waals surface area contributed by atoms with Crippen molar-refractivity contribution in [2.24, 2.45) is 5.73 Å². The van der Waals surface area contributed by atoms with Crippen molar-refractivity contribution in [3.8, 4) is 0 Å². The second-order valence-corrected chi connectivity index (χ2v) is 3.85. The zero-order valence-corrected chi connectivity index (χ0v) is 8.60. The Bertz CT molecular complexity index is 339. The molecule has 1 saturated heterocycles. The highest BCUT2D eigenvalue weighted by atomic mass is 16.1. The van der Waals surface area contributed by atoms with Gasteiger partial charge in [-0.05, 0) is 31.5 Å².